The van der Waals surface area contributed by atoms with Crippen molar-refractivity contribution < 1.29 is 14.1 Å². The second-order valence-electron chi connectivity index (χ2n) is 6.17. The number of hydrogen-bond acceptors (Lipinski definition) is 5. The van der Waals surface area contributed by atoms with E-state index >= 15 is 0 Å². The molecule has 0 aliphatic carbocycles. The highest BCUT2D eigenvalue weighted by Crippen LogP contribution is 2.18. The molecular formula is C18H21N4O3+. The summed E-state index contributed by atoms with van der Waals surface area (Å²) in [4.78, 5) is 29.9. The first-order valence-corrected chi connectivity index (χ1v) is 8.19. The highest BCUT2D eigenvalue weighted by Gasteiger charge is 2.26. The zero-order valence-electron chi connectivity index (χ0n) is 14.7. The van der Waals surface area contributed by atoms with Crippen molar-refractivity contribution >= 4 is 28.5 Å². The molecule has 0 aliphatic heterocycles. The summed E-state index contributed by atoms with van der Waals surface area (Å²) in [6, 6.07) is 5.07. The number of ether oxygens (including phenoxy) is 1. The van der Waals surface area contributed by atoms with Gasteiger partial charge in [0.05, 0.1) is 12.6 Å². The second kappa shape index (κ2) is 6.16. The Kier molecular flexibility index (Phi) is 4.16. The van der Waals surface area contributed by atoms with Gasteiger partial charge in [-0.2, -0.15) is 0 Å². The Balaban J connectivity index is 2.51. The molecule has 7 heteroatoms. The van der Waals surface area contributed by atoms with E-state index < -0.39 is 5.97 Å². The molecule has 0 atom stereocenters. The Labute approximate surface area is 144 Å². The van der Waals surface area contributed by atoms with Crippen LogP contribution < -0.4 is 15.9 Å². The molecule has 130 valence electrons. The summed E-state index contributed by atoms with van der Waals surface area (Å²) in [5.74, 6) is -0.309. The fourth-order valence-corrected chi connectivity index (χ4v) is 2.97. The summed E-state index contributed by atoms with van der Waals surface area (Å²) in [6.45, 7) is 7.69. The number of anilines is 1. The van der Waals surface area contributed by atoms with E-state index in [1.54, 1.807) is 23.8 Å². The molecule has 0 unspecified atom stereocenters. The van der Waals surface area contributed by atoms with Gasteiger partial charge in [-0.05, 0) is 39.8 Å². The molecule has 0 radical (unpaired) electrons. The number of aromatic nitrogens is 3. The minimum absolute atomic E-state index is 0.0877. The van der Waals surface area contributed by atoms with Crippen molar-refractivity contribution in [1.82, 2.24) is 9.38 Å². The molecule has 0 fully saturated rings. The van der Waals surface area contributed by atoms with Gasteiger partial charge in [-0.15, -0.1) is 0 Å². The SMILES string of the molecule is CCOC(=O)c1cc2c(=O)n3cccc(C)c3nc2[n+](C(C)C)c1N. The van der Waals surface area contributed by atoms with Crippen LogP contribution in [0.4, 0.5) is 5.82 Å². The molecule has 7 nitrogen and oxygen atoms in total. The van der Waals surface area contributed by atoms with Gasteiger partial charge in [0, 0.05) is 11.8 Å². The Morgan fingerprint density at radius 1 is 1.44 bits per heavy atom. The van der Waals surface area contributed by atoms with Crippen LogP contribution in [0.25, 0.3) is 16.7 Å². The number of hydrogen-bond donors (Lipinski definition) is 1. The zero-order chi connectivity index (χ0) is 18.3. The third kappa shape index (κ3) is 2.61. The van der Waals surface area contributed by atoms with E-state index in [1.165, 1.54) is 10.5 Å². The predicted molar refractivity (Wildman–Crippen MR) is 94.7 cm³/mol. The molecule has 0 aliphatic rings. The minimum Gasteiger partial charge on any atom is -0.462 e. The Morgan fingerprint density at radius 2 is 2.16 bits per heavy atom. The smallest absolute Gasteiger partial charge is 0.344 e. The maximum Gasteiger partial charge on any atom is 0.344 e. The first-order valence-electron chi connectivity index (χ1n) is 8.19. The average molecular weight is 341 g/mol. The lowest BCUT2D eigenvalue weighted by Gasteiger charge is -2.14. The monoisotopic (exact) mass is 341 g/mol. The van der Waals surface area contributed by atoms with Crippen molar-refractivity contribution in [2.24, 2.45) is 0 Å². The number of rotatable bonds is 3. The number of carbonyl (C=O) groups excluding carboxylic acids is 1. The molecule has 0 amide bonds. The molecule has 0 bridgehead atoms. The molecule has 0 aromatic carbocycles. The molecule has 3 aromatic rings. The Bertz CT molecular complexity index is 1050. The number of pyridine rings is 2. The summed E-state index contributed by atoms with van der Waals surface area (Å²) < 4.78 is 8.26. The Morgan fingerprint density at radius 3 is 2.80 bits per heavy atom. The maximum atomic E-state index is 13.0. The molecule has 0 saturated carbocycles. The summed E-state index contributed by atoms with van der Waals surface area (Å²) in [6.07, 6.45) is 1.66. The molecule has 3 heterocycles. The molecule has 3 rings (SSSR count). The number of esters is 1. The fourth-order valence-electron chi connectivity index (χ4n) is 2.97. The van der Waals surface area contributed by atoms with Crippen molar-refractivity contribution in [3.05, 3.63) is 45.9 Å². The van der Waals surface area contributed by atoms with E-state index in [4.69, 9.17) is 10.5 Å². The zero-order valence-corrected chi connectivity index (χ0v) is 14.7. The van der Waals surface area contributed by atoms with Crippen LogP contribution in [-0.2, 0) is 4.74 Å². The van der Waals surface area contributed by atoms with Crippen LogP contribution in [0.1, 0.15) is 42.7 Å². The third-order valence-electron chi connectivity index (χ3n) is 4.13. The summed E-state index contributed by atoms with van der Waals surface area (Å²) >= 11 is 0. The standard InChI is InChI=1S/C18H20N4O3/c1-5-25-18(24)12-9-13-16(22(10(2)3)14(12)19)20-15-11(4)7-6-8-21(15)17(13)23/h6-10,19H,5H2,1-4H3/p+1. The van der Waals surface area contributed by atoms with Crippen molar-refractivity contribution in [2.75, 3.05) is 12.3 Å². The van der Waals surface area contributed by atoms with E-state index in [0.717, 1.165) is 5.56 Å². The molecule has 0 saturated heterocycles. The van der Waals surface area contributed by atoms with E-state index in [2.05, 4.69) is 4.98 Å². The molecular weight excluding hydrogens is 320 g/mol. The van der Waals surface area contributed by atoms with Gasteiger partial charge in [0.15, 0.2) is 0 Å². The van der Waals surface area contributed by atoms with Gasteiger partial charge < -0.3 is 10.5 Å². The normalized spacial score (nSPS) is 11.4. The van der Waals surface area contributed by atoms with Gasteiger partial charge >= 0.3 is 5.97 Å². The van der Waals surface area contributed by atoms with E-state index in [0.29, 0.717) is 16.7 Å². The second-order valence-corrected chi connectivity index (χ2v) is 6.17. The van der Waals surface area contributed by atoms with Crippen molar-refractivity contribution in [1.29, 1.82) is 0 Å². The fraction of sp³-hybridized carbons (Fsp3) is 0.333. The number of fused-ring (bicyclic) bond motifs is 2. The number of nitrogens with zero attached hydrogens (tertiary/aromatic N) is 3. The lowest BCUT2D eigenvalue weighted by molar-refractivity contribution is -0.679. The van der Waals surface area contributed by atoms with Crippen LogP contribution in [0.5, 0.6) is 0 Å². The first kappa shape index (κ1) is 16.9. The molecule has 0 spiro atoms. The lowest BCUT2D eigenvalue weighted by Crippen LogP contribution is -2.43. The first-order chi connectivity index (χ1) is 11.9. The van der Waals surface area contributed by atoms with Gasteiger partial charge in [0.25, 0.3) is 11.2 Å². The van der Waals surface area contributed by atoms with Crippen LogP contribution in [0.2, 0.25) is 0 Å². The van der Waals surface area contributed by atoms with Crippen LogP contribution in [0.15, 0.2) is 29.2 Å². The summed E-state index contributed by atoms with van der Waals surface area (Å²) in [5, 5.41) is 0.328. The maximum absolute atomic E-state index is 13.0. The number of nitrogens with two attached hydrogens (primary N) is 1. The van der Waals surface area contributed by atoms with Gasteiger partial charge in [-0.1, -0.05) is 11.1 Å². The topological polar surface area (TPSA) is 90.6 Å². The van der Waals surface area contributed by atoms with Crippen molar-refractivity contribution in [2.45, 2.75) is 33.7 Å². The quantitative estimate of drug-likeness (QED) is 0.445. The van der Waals surface area contributed by atoms with Gasteiger partial charge in [-0.3, -0.25) is 9.20 Å². The van der Waals surface area contributed by atoms with Crippen LogP contribution in [0.3, 0.4) is 0 Å². The lowest BCUT2D eigenvalue weighted by atomic mass is 10.1. The van der Waals surface area contributed by atoms with Crippen LogP contribution in [-0.4, -0.2) is 22.0 Å². The van der Waals surface area contributed by atoms with Crippen LogP contribution >= 0.6 is 0 Å². The molecule has 25 heavy (non-hydrogen) atoms. The number of carbonyl (C=O) groups is 1. The van der Waals surface area contributed by atoms with Gasteiger partial charge in [0.2, 0.25) is 11.5 Å². The number of aryl methyl sites for hydroxylation is 1. The average Bonchev–Trinajstić information content (AvgIpc) is 2.55. The van der Waals surface area contributed by atoms with Crippen LogP contribution in [0, 0.1) is 6.92 Å². The number of nitrogen functional groups attached to an aromatic ring is 1. The van der Waals surface area contributed by atoms with Gasteiger partial charge in [-0.25, -0.2) is 9.36 Å². The Hall–Kier alpha value is -2.96. The minimum atomic E-state index is -0.551. The van der Waals surface area contributed by atoms with Crippen molar-refractivity contribution in [3.8, 4) is 0 Å². The van der Waals surface area contributed by atoms with E-state index in [9.17, 15) is 9.59 Å². The highest BCUT2D eigenvalue weighted by molar-refractivity contribution is 5.96. The van der Waals surface area contributed by atoms with Crippen molar-refractivity contribution in [3.63, 3.8) is 0 Å². The summed E-state index contributed by atoms with van der Waals surface area (Å²) in [7, 11) is 0. The predicted octanol–water partition coefficient (Wildman–Crippen LogP) is 1.78. The van der Waals surface area contributed by atoms with Gasteiger partial charge in [0.1, 0.15) is 10.9 Å². The molecule has 3 aromatic heterocycles. The largest absolute Gasteiger partial charge is 0.462 e. The summed E-state index contributed by atoms with van der Waals surface area (Å²) in [5.41, 5.74) is 8.06. The molecule has 2 N–H and O–H groups in total. The third-order valence-corrected chi connectivity index (χ3v) is 4.13. The van der Waals surface area contributed by atoms with E-state index in [-0.39, 0.29) is 29.6 Å². The van der Waals surface area contributed by atoms with E-state index in [1.807, 2.05) is 26.8 Å². The highest BCUT2D eigenvalue weighted by atomic mass is 16.5.